The van der Waals surface area contributed by atoms with E-state index in [1.54, 1.807) is 20.8 Å². The number of aromatic nitrogens is 2. The smallest absolute Gasteiger partial charge is 0.339 e. The summed E-state index contributed by atoms with van der Waals surface area (Å²) in [5, 5.41) is 12.3. The average molecular weight is 218 g/mol. The maximum absolute atomic E-state index is 12.5. The van der Waals surface area contributed by atoms with Crippen molar-refractivity contribution in [2.75, 3.05) is 0 Å². The van der Waals surface area contributed by atoms with Crippen LogP contribution in [0, 0.1) is 0 Å². The van der Waals surface area contributed by atoms with Crippen LogP contribution in [0.1, 0.15) is 43.2 Å². The molecule has 0 unspecified atom stereocenters. The number of aromatic carboxylic acids is 1. The lowest BCUT2D eigenvalue weighted by Gasteiger charge is -2.18. The fraction of sp³-hybridized carbons (Fsp3) is 0.556. The molecule has 0 aliphatic rings. The van der Waals surface area contributed by atoms with E-state index in [0.717, 1.165) is 6.20 Å². The number of carboxylic acid groups (broad SMARTS) is 1. The van der Waals surface area contributed by atoms with E-state index >= 15 is 0 Å². The monoisotopic (exact) mass is 218 g/mol. The van der Waals surface area contributed by atoms with Gasteiger partial charge in [0.05, 0.1) is 5.54 Å². The number of halogens is 2. The zero-order valence-electron chi connectivity index (χ0n) is 8.66. The summed E-state index contributed by atoms with van der Waals surface area (Å²) in [6.45, 7) is 5.25. The van der Waals surface area contributed by atoms with Crippen LogP contribution in [0.2, 0.25) is 0 Å². The first-order chi connectivity index (χ1) is 6.73. The van der Waals surface area contributed by atoms with Gasteiger partial charge in [0.15, 0.2) is 0 Å². The second-order valence-corrected chi connectivity index (χ2v) is 4.15. The molecule has 1 aromatic heterocycles. The van der Waals surface area contributed by atoms with Crippen molar-refractivity contribution in [1.29, 1.82) is 0 Å². The van der Waals surface area contributed by atoms with E-state index in [0.29, 0.717) is 0 Å². The minimum atomic E-state index is -2.88. The van der Waals surface area contributed by atoms with Crippen molar-refractivity contribution in [3.05, 3.63) is 17.5 Å². The Morgan fingerprint density at radius 3 is 2.33 bits per heavy atom. The molecule has 0 radical (unpaired) electrons. The molecule has 0 amide bonds. The van der Waals surface area contributed by atoms with Gasteiger partial charge in [0.25, 0.3) is 6.43 Å². The van der Waals surface area contributed by atoms with Gasteiger partial charge in [0.1, 0.15) is 11.3 Å². The summed E-state index contributed by atoms with van der Waals surface area (Å²) in [5.41, 5.74) is -1.64. The SMILES string of the molecule is CC(C)(C)n1cc(C(=O)O)c(C(F)F)n1. The highest BCUT2D eigenvalue weighted by atomic mass is 19.3. The Morgan fingerprint density at radius 2 is 2.07 bits per heavy atom. The number of hydrogen-bond donors (Lipinski definition) is 1. The van der Waals surface area contributed by atoms with Crippen LogP contribution in [0.4, 0.5) is 8.78 Å². The number of hydrogen-bond acceptors (Lipinski definition) is 2. The molecule has 4 nitrogen and oxygen atoms in total. The first-order valence-corrected chi connectivity index (χ1v) is 4.35. The fourth-order valence-corrected chi connectivity index (χ4v) is 1.06. The number of rotatable bonds is 2. The highest BCUT2D eigenvalue weighted by molar-refractivity contribution is 5.88. The summed E-state index contributed by atoms with van der Waals surface area (Å²) in [7, 11) is 0. The lowest BCUT2D eigenvalue weighted by molar-refractivity contribution is 0.0684. The third-order valence-electron chi connectivity index (χ3n) is 1.87. The second kappa shape index (κ2) is 3.60. The predicted molar refractivity (Wildman–Crippen MR) is 49.1 cm³/mol. The summed E-state index contributed by atoms with van der Waals surface area (Å²) < 4.78 is 26.1. The van der Waals surface area contributed by atoms with Crippen LogP contribution in [-0.4, -0.2) is 20.9 Å². The third kappa shape index (κ3) is 2.31. The quantitative estimate of drug-likeness (QED) is 0.828. The van der Waals surface area contributed by atoms with Gasteiger partial charge in [-0.05, 0) is 20.8 Å². The van der Waals surface area contributed by atoms with Crippen molar-refractivity contribution in [1.82, 2.24) is 9.78 Å². The van der Waals surface area contributed by atoms with Crippen LogP contribution in [0.15, 0.2) is 6.20 Å². The first kappa shape index (κ1) is 11.6. The summed E-state index contributed by atoms with van der Waals surface area (Å²) in [5.74, 6) is -1.39. The van der Waals surface area contributed by atoms with E-state index in [1.165, 1.54) is 4.68 Å². The molecule has 0 aliphatic carbocycles. The summed E-state index contributed by atoms with van der Waals surface area (Å²) >= 11 is 0. The van der Waals surface area contributed by atoms with Crippen molar-refractivity contribution >= 4 is 5.97 Å². The predicted octanol–water partition coefficient (Wildman–Crippen LogP) is 2.27. The minimum absolute atomic E-state index is 0.445. The van der Waals surface area contributed by atoms with E-state index < -0.39 is 29.2 Å². The number of carbonyl (C=O) groups is 1. The molecule has 0 aromatic carbocycles. The molecule has 1 N–H and O–H groups in total. The summed E-state index contributed by atoms with van der Waals surface area (Å²) in [6, 6.07) is 0. The lowest BCUT2D eigenvalue weighted by Crippen LogP contribution is -2.22. The summed E-state index contributed by atoms with van der Waals surface area (Å²) in [4.78, 5) is 10.7. The summed E-state index contributed by atoms with van der Waals surface area (Å²) in [6.07, 6.45) is -1.75. The van der Waals surface area contributed by atoms with Gasteiger partial charge < -0.3 is 5.11 Å². The molecular formula is C9H12F2N2O2. The van der Waals surface area contributed by atoms with Gasteiger partial charge in [0, 0.05) is 6.20 Å². The molecule has 0 saturated heterocycles. The minimum Gasteiger partial charge on any atom is -0.478 e. The van der Waals surface area contributed by atoms with Gasteiger partial charge >= 0.3 is 5.97 Å². The Bertz CT molecular complexity index is 380. The zero-order chi connectivity index (χ0) is 11.8. The standard InChI is InChI=1S/C9H12F2N2O2/c1-9(2,3)13-4-5(8(14)15)6(12-13)7(10)11/h4,7H,1-3H3,(H,14,15). The molecule has 0 fully saturated rings. The third-order valence-corrected chi connectivity index (χ3v) is 1.87. The maximum Gasteiger partial charge on any atom is 0.339 e. The Labute approximate surface area is 85.5 Å². The molecule has 1 rings (SSSR count). The van der Waals surface area contributed by atoms with Crippen molar-refractivity contribution < 1.29 is 18.7 Å². The van der Waals surface area contributed by atoms with Gasteiger partial charge in [-0.15, -0.1) is 0 Å². The molecule has 0 atom stereocenters. The molecular weight excluding hydrogens is 206 g/mol. The van der Waals surface area contributed by atoms with Crippen LogP contribution in [-0.2, 0) is 5.54 Å². The normalized spacial score (nSPS) is 12.1. The van der Waals surface area contributed by atoms with Crippen LogP contribution in [0.25, 0.3) is 0 Å². The lowest BCUT2D eigenvalue weighted by atomic mass is 10.1. The average Bonchev–Trinajstić information content (AvgIpc) is 2.45. The van der Waals surface area contributed by atoms with Crippen molar-refractivity contribution in [3.8, 4) is 0 Å². The molecule has 84 valence electrons. The van der Waals surface area contributed by atoms with E-state index in [-0.39, 0.29) is 0 Å². The fourth-order valence-electron chi connectivity index (χ4n) is 1.06. The first-order valence-electron chi connectivity index (χ1n) is 4.35. The largest absolute Gasteiger partial charge is 0.478 e. The zero-order valence-corrected chi connectivity index (χ0v) is 8.66. The number of nitrogens with zero attached hydrogens (tertiary/aromatic N) is 2. The van der Waals surface area contributed by atoms with Gasteiger partial charge in [-0.25, -0.2) is 13.6 Å². The molecule has 0 spiro atoms. The topological polar surface area (TPSA) is 55.1 Å². The van der Waals surface area contributed by atoms with Crippen molar-refractivity contribution in [2.45, 2.75) is 32.7 Å². The molecule has 1 heterocycles. The van der Waals surface area contributed by atoms with E-state index in [2.05, 4.69) is 5.10 Å². The van der Waals surface area contributed by atoms with Crippen LogP contribution >= 0.6 is 0 Å². The molecule has 1 aromatic rings. The Kier molecular flexibility index (Phi) is 2.79. The molecule has 15 heavy (non-hydrogen) atoms. The molecule has 0 saturated carbocycles. The van der Waals surface area contributed by atoms with Gasteiger partial charge in [0.2, 0.25) is 0 Å². The molecule has 0 bridgehead atoms. The highest BCUT2D eigenvalue weighted by Gasteiger charge is 2.26. The van der Waals surface area contributed by atoms with Gasteiger partial charge in [-0.2, -0.15) is 5.10 Å². The Hall–Kier alpha value is -1.46. The molecule has 0 aliphatic heterocycles. The number of alkyl halides is 2. The van der Waals surface area contributed by atoms with E-state index in [1.807, 2.05) is 0 Å². The van der Waals surface area contributed by atoms with Gasteiger partial charge in [-0.3, -0.25) is 4.68 Å². The molecule has 6 heteroatoms. The maximum atomic E-state index is 12.5. The van der Waals surface area contributed by atoms with Crippen LogP contribution in [0.3, 0.4) is 0 Å². The van der Waals surface area contributed by atoms with E-state index in [4.69, 9.17) is 5.11 Å². The van der Waals surface area contributed by atoms with Crippen LogP contribution in [0.5, 0.6) is 0 Å². The van der Waals surface area contributed by atoms with Crippen molar-refractivity contribution in [3.63, 3.8) is 0 Å². The van der Waals surface area contributed by atoms with Gasteiger partial charge in [-0.1, -0.05) is 0 Å². The van der Waals surface area contributed by atoms with Crippen molar-refractivity contribution in [2.24, 2.45) is 0 Å². The Balaban J connectivity index is 3.28. The highest BCUT2D eigenvalue weighted by Crippen LogP contribution is 2.24. The Morgan fingerprint density at radius 1 is 1.53 bits per heavy atom. The van der Waals surface area contributed by atoms with E-state index in [9.17, 15) is 13.6 Å². The number of carboxylic acids is 1. The second-order valence-electron chi connectivity index (χ2n) is 4.15. The van der Waals surface area contributed by atoms with Crippen LogP contribution < -0.4 is 0 Å².